The van der Waals surface area contributed by atoms with E-state index in [-0.39, 0.29) is 11.8 Å². The summed E-state index contributed by atoms with van der Waals surface area (Å²) in [5.41, 5.74) is 0.457. The fraction of sp³-hybridized carbons (Fsp3) is 0.667. The van der Waals surface area contributed by atoms with E-state index in [4.69, 9.17) is 4.74 Å². The Morgan fingerprint density at radius 2 is 2.00 bits per heavy atom. The van der Waals surface area contributed by atoms with E-state index in [9.17, 15) is 9.59 Å². The highest BCUT2D eigenvalue weighted by Crippen LogP contribution is 2.44. The van der Waals surface area contributed by atoms with Crippen molar-refractivity contribution in [2.45, 2.75) is 44.0 Å². The van der Waals surface area contributed by atoms with Gasteiger partial charge < -0.3 is 4.74 Å². The van der Waals surface area contributed by atoms with Crippen molar-refractivity contribution in [3.8, 4) is 0 Å². The molecule has 16 heavy (non-hydrogen) atoms. The highest BCUT2D eigenvalue weighted by Gasteiger charge is 2.54. The van der Waals surface area contributed by atoms with Gasteiger partial charge in [-0.3, -0.25) is 9.59 Å². The molecule has 0 amide bonds. The molecule has 1 spiro atoms. The van der Waals surface area contributed by atoms with Gasteiger partial charge in [0.25, 0.3) is 0 Å². The average molecular weight is 240 g/mol. The first-order valence-corrected chi connectivity index (χ1v) is 6.41. The van der Waals surface area contributed by atoms with Crippen LogP contribution < -0.4 is 0 Å². The van der Waals surface area contributed by atoms with Crippen molar-refractivity contribution in [3.05, 3.63) is 11.6 Å². The van der Waals surface area contributed by atoms with Crippen LogP contribution in [0.5, 0.6) is 0 Å². The number of hydrogen-bond acceptors (Lipinski definition) is 4. The van der Waals surface area contributed by atoms with Gasteiger partial charge >= 0.3 is 5.97 Å². The molecular weight excluding hydrogens is 224 g/mol. The molecule has 1 unspecified atom stereocenters. The number of hydrogen-bond donors (Lipinski definition) is 0. The number of carbonyl (C=O) groups excluding carboxylic acids is 2. The average Bonchev–Trinajstić information content (AvgIpc) is 2.13. The minimum absolute atomic E-state index is 0.0196. The predicted molar refractivity (Wildman–Crippen MR) is 63.4 cm³/mol. The molecule has 2 aliphatic rings. The lowest BCUT2D eigenvalue weighted by atomic mass is 9.85. The number of cyclic esters (lactones) is 1. The lowest BCUT2D eigenvalue weighted by Gasteiger charge is -2.41. The van der Waals surface area contributed by atoms with Crippen LogP contribution in [-0.4, -0.2) is 27.9 Å². The molecule has 2 aliphatic heterocycles. The lowest BCUT2D eigenvalue weighted by molar-refractivity contribution is -0.170. The Kier molecular flexibility index (Phi) is 2.65. The summed E-state index contributed by atoms with van der Waals surface area (Å²) in [7, 11) is 0. The fourth-order valence-corrected chi connectivity index (χ4v) is 3.54. The van der Waals surface area contributed by atoms with Gasteiger partial charge in [-0.05, 0) is 20.8 Å². The number of ether oxygens (including phenoxy) is 1. The van der Waals surface area contributed by atoms with Crippen LogP contribution in [0.3, 0.4) is 0 Å². The summed E-state index contributed by atoms with van der Waals surface area (Å²) in [6.45, 7) is 5.53. The molecule has 88 valence electrons. The molecule has 0 aromatic heterocycles. The summed E-state index contributed by atoms with van der Waals surface area (Å²) in [4.78, 5) is 24.2. The number of carbonyl (C=O) groups is 2. The maximum absolute atomic E-state index is 12.2. The molecule has 2 heterocycles. The van der Waals surface area contributed by atoms with Gasteiger partial charge in [0.2, 0.25) is 0 Å². The van der Waals surface area contributed by atoms with Crippen LogP contribution in [0, 0.1) is 0 Å². The summed E-state index contributed by atoms with van der Waals surface area (Å²) in [6, 6.07) is 0. The normalized spacial score (nSPS) is 33.6. The zero-order valence-electron chi connectivity index (χ0n) is 9.83. The predicted octanol–water partition coefficient (Wildman–Crippen LogP) is 2.10. The Balaban J connectivity index is 2.32. The molecule has 0 N–H and O–H groups in total. The molecule has 0 bridgehead atoms. The molecule has 0 radical (unpaired) electrons. The van der Waals surface area contributed by atoms with Gasteiger partial charge in [0.15, 0.2) is 10.5 Å². The maximum Gasteiger partial charge on any atom is 0.330 e. The molecular formula is C12H16O3S. The number of allylic oxidation sites excluding steroid dienone is 1. The Morgan fingerprint density at radius 3 is 2.56 bits per heavy atom. The van der Waals surface area contributed by atoms with E-state index < -0.39 is 10.3 Å². The largest absolute Gasteiger partial charge is 0.458 e. The summed E-state index contributed by atoms with van der Waals surface area (Å²) in [5, 5.41) is 0. The van der Waals surface area contributed by atoms with E-state index >= 15 is 0 Å². The molecule has 0 saturated carbocycles. The Labute approximate surface area is 99.6 Å². The SMILES string of the molecule is CC1=CCSC2(C1)C(=O)CC(C)(C)OC2=O. The molecule has 1 atom stereocenters. The van der Waals surface area contributed by atoms with Crippen LogP contribution in [0.15, 0.2) is 11.6 Å². The van der Waals surface area contributed by atoms with E-state index in [1.807, 2.05) is 6.92 Å². The quantitative estimate of drug-likeness (QED) is 0.369. The summed E-state index contributed by atoms with van der Waals surface area (Å²) < 4.78 is 4.43. The van der Waals surface area contributed by atoms with Crippen molar-refractivity contribution in [2.75, 3.05) is 5.75 Å². The number of rotatable bonds is 0. The molecule has 1 fully saturated rings. The molecule has 2 rings (SSSR count). The van der Waals surface area contributed by atoms with Gasteiger partial charge in [-0.2, -0.15) is 0 Å². The first-order chi connectivity index (χ1) is 7.36. The first-order valence-electron chi connectivity index (χ1n) is 5.42. The van der Waals surface area contributed by atoms with Crippen LogP contribution in [-0.2, 0) is 14.3 Å². The zero-order chi connectivity index (χ0) is 12.0. The lowest BCUT2D eigenvalue weighted by Crippen LogP contribution is -2.55. The number of thioether (sulfide) groups is 1. The van der Waals surface area contributed by atoms with Crippen molar-refractivity contribution in [3.63, 3.8) is 0 Å². The van der Waals surface area contributed by atoms with Gasteiger partial charge in [-0.15, -0.1) is 11.8 Å². The van der Waals surface area contributed by atoms with Gasteiger partial charge in [-0.25, -0.2) is 0 Å². The van der Waals surface area contributed by atoms with Crippen molar-refractivity contribution < 1.29 is 14.3 Å². The molecule has 4 heteroatoms. The number of ketones is 1. The Bertz CT molecular complexity index is 362. The van der Waals surface area contributed by atoms with E-state index in [2.05, 4.69) is 6.08 Å². The molecule has 0 aromatic carbocycles. The summed E-state index contributed by atoms with van der Waals surface area (Å²) >= 11 is 1.41. The van der Waals surface area contributed by atoms with E-state index in [0.717, 1.165) is 5.57 Å². The number of Topliss-reactive ketones (excluding diaryl/α,β-unsaturated/α-hetero) is 1. The topological polar surface area (TPSA) is 43.4 Å². The highest BCUT2D eigenvalue weighted by molar-refractivity contribution is 8.02. The second kappa shape index (κ2) is 3.62. The molecule has 0 aromatic rings. The second-order valence-electron chi connectivity index (χ2n) is 5.11. The van der Waals surface area contributed by atoms with Gasteiger partial charge in [0, 0.05) is 18.6 Å². The third kappa shape index (κ3) is 1.79. The zero-order valence-corrected chi connectivity index (χ0v) is 10.6. The van der Waals surface area contributed by atoms with Crippen molar-refractivity contribution in [2.24, 2.45) is 0 Å². The van der Waals surface area contributed by atoms with Gasteiger partial charge in [-0.1, -0.05) is 11.6 Å². The highest BCUT2D eigenvalue weighted by atomic mass is 32.2. The van der Waals surface area contributed by atoms with Gasteiger partial charge in [0.1, 0.15) is 5.60 Å². The second-order valence-corrected chi connectivity index (χ2v) is 6.43. The van der Waals surface area contributed by atoms with Crippen LogP contribution in [0.2, 0.25) is 0 Å². The third-order valence-electron chi connectivity index (χ3n) is 3.02. The fourth-order valence-electron chi connectivity index (χ4n) is 2.16. The van der Waals surface area contributed by atoms with Crippen molar-refractivity contribution in [1.29, 1.82) is 0 Å². The minimum atomic E-state index is -0.950. The third-order valence-corrected chi connectivity index (χ3v) is 4.39. The van der Waals surface area contributed by atoms with Crippen LogP contribution in [0.1, 0.15) is 33.6 Å². The molecule has 3 nitrogen and oxygen atoms in total. The smallest absolute Gasteiger partial charge is 0.330 e. The summed E-state index contributed by atoms with van der Waals surface area (Å²) in [6.07, 6.45) is 2.89. The Morgan fingerprint density at radius 1 is 1.31 bits per heavy atom. The van der Waals surface area contributed by atoms with E-state index in [0.29, 0.717) is 18.6 Å². The van der Waals surface area contributed by atoms with Gasteiger partial charge in [0.05, 0.1) is 0 Å². The first kappa shape index (κ1) is 11.7. The maximum atomic E-state index is 12.2. The Hall–Kier alpha value is -0.770. The van der Waals surface area contributed by atoms with Crippen molar-refractivity contribution in [1.82, 2.24) is 0 Å². The minimum Gasteiger partial charge on any atom is -0.458 e. The molecule has 1 saturated heterocycles. The van der Waals surface area contributed by atoms with Crippen LogP contribution in [0.25, 0.3) is 0 Å². The van der Waals surface area contributed by atoms with Crippen molar-refractivity contribution >= 4 is 23.5 Å². The number of esters is 1. The van der Waals surface area contributed by atoms with Crippen LogP contribution >= 0.6 is 11.8 Å². The monoisotopic (exact) mass is 240 g/mol. The van der Waals surface area contributed by atoms with E-state index in [1.54, 1.807) is 13.8 Å². The van der Waals surface area contributed by atoms with Crippen LogP contribution in [0.4, 0.5) is 0 Å². The summed E-state index contributed by atoms with van der Waals surface area (Å²) in [5.74, 6) is 0.380. The standard InChI is InChI=1S/C12H16O3S/c1-8-4-5-16-12(6-8)9(13)7-11(2,3)15-10(12)14/h4H,5-7H2,1-3H3. The molecule has 0 aliphatic carbocycles. The van der Waals surface area contributed by atoms with E-state index in [1.165, 1.54) is 11.8 Å².